The number of hydrogen-bond acceptors (Lipinski definition) is 2. The van der Waals surface area contributed by atoms with Crippen LogP contribution in [0.25, 0.3) is 0 Å². The van der Waals surface area contributed by atoms with Crippen LogP contribution < -0.4 is 10.6 Å². The molecule has 2 N–H and O–H groups in total. The number of thiocarbonyl (C=S) groups is 1. The first-order valence-electron chi connectivity index (χ1n) is 7.40. The summed E-state index contributed by atoms with van der Waals surface area (Å²) in [7, 11) is 0. The zero-order valence-corrected chi connectivity index (χ0v) is 13.4. The normalized spacial score (nSPS) is 10.1. The van der Waals surface area contributed by atoms with Gasteiger partial charge in [-0.1, -0.05) is 30.3 Å². The maximum atomic E-state index is 5.33. The molecule has 3 aromatic rings. The Labute approximate surface area is 141 Å². The van der Waals surface area contributed by atoms with Gasteiger partial charge in [-0.2, -0.15) is 0 Å². The third kappa shape index (κ3) is 4.63. The van der Waals surface area contributed by atoms with Crippen LogP contribution in [0.3, 0.4) is 0 Å². The molecule has 0 radical (unpaired) electrons. The Kier molecular flexibility index (Phi) is 4.96. The van der Waals surface area contributed by atoms with Crippen molar-refractivity contribution >= 4 is 28.7 Å². The van der Waals surface area contributed by atoms with Crippen molar-refractivity contribution in [3.05, 3.63) is 90.3 Å². The van der Waals surface area contributed by atoms with Crippen LogP contribution in [0.5, 0.6) is 0 Å². The molecule has 2 aromatic carbocycles. The Morgan fingerprint density at radius 2 is 1.30 bits per heavy atom. The van der Waals surface area contributed by atoms with E-state index in [0.717, 1.165) is 17.8 Å². The van der Waals surface area contributed by atoms with E-state index in [1.807, 2.05) is 67.0 Å². The molecule has 0 bridgehead atoms. The van der Waals surface area contributed by atoms with Gasteiger partial charge in [0, 0.05) is 23.8 Å². The molecule has 0 atom stereocenters. The van der Waals surface area contributed by atoms with E-state index in [0.29, 0.717) is 5.11 Å². The SMILES string of the molecule is S=C(Nc1ccccc1)Nc1ccc(Cc2ccncc2)cc1. The van der Waals surface area contributed by atoms with Crippen molar-refractivity contribution in [3.63, 3.8) is 0 Å². The first kappa shape index (κ1) is 15.2. The van der Waals surface area contributed by atoms with Gasteiger partial charge in [0.1, 0.15) is 0 Å². The van der Waals surface area contributed by atoms with E-state index in [-0.39, 0.29) is 0 Å². The summed E-state index contributed by atoms with van der Waals surface area (Å²) in [6.45, 7) is 0. The van der Waals surface area contributed by atoms with Crippen LogP contribution in [-0.2, 0) is 6.42 Å². The van der Waals surface area contributed by atoms with Crippen LogP contribution in [0.4, 0.5) is 11.4 Å². The van der Waals surface area contributed by atoms with Crippen molar-refractivity contribution in [2.24, 2.45) is 0 Å². The molecule has 0 unspecified atom stereocenters. The van der Waals surface area contributed by atoms with Gasteiger partial charge in [-0.05, 0) is 66.2 Å². The molecule has 0 saturated carbocycles. The largest absolute Gasteiger partial charge is 0.332 e. The molecule has 1 aromatic heterocycles. The molecule has 23 heavy (non-hydrogen) atoms. The highest BCUT2D eigenvalue weighted by Crippen LogP contribution is 2.14. The predicted octanol–water partition coefficient (Wildman–Crippen LogP) is 4.48. The second kappa shape index (κ2) is 7.51. The zero-order chi connectivity index (χ0) is 15.9. The van der Waals surface area contributed by atoms with E-state index in [1.165, 1.54) is 11.1 Å². The van der Waals surface area contributed by atoms with Gasteiger partial charge in [0.25, 0.3) is 0 Å². The highest BCUT2D eigenvalue weighted by atomic mass is 32.1. The number of nitrogens with zero attached hydrogens (tertiary/aromatic N) is 1. The molecular formula is C19H17N3S. The van der Waals surface area contributed by atoms with Crippen molar-refractivity contribution in [1.29, 1.82) is 0 Å². The number of hydrogen-bond donors (Lipinski definition) is 2. The summed E-state index contributed by atoms with van der Waals surface area (Å²) in [5.74, 6) is 0. The summed E-state index contributed by atoms with van der Waals surface area (Å²) >= 11 is 5.33. The van der Waals surface area contributed by atoms with Crippen LogP contribution >= 0.6 is 12.2 Å². The van der Waals surface area contributed by atoms with Crippen molar-refractivity contribution in [2.75, 3.05) is 10.6 Å². The molecule has 0 fully saturated rings. The third-order valence-corrected chi connectivity index (χ3v) is 3.61. The Balaban J connectivity index is 1.58. The molecule has 0 saturated heterocycles. The summed E-state index contributed by atoms with van der Waals surface area (Å²) < 4.78 is 0. The fourth-order valence-electron chi connectivity index (χ4n) is 2.26. The average Bonchev–Trinajstić information content (AvgIpc) is 2.58. The van der Waals surface area contributed by atoms with Crippen molar-refractivity contribution in [1.82, 2.24) is 4.98 Å². The van der Waals surface area contributed by atoms with Crippen LogP contribution in [0.1, 0.15) is 11.1 Å². The highest BCUT2D eigenvalue weighted by Gasteiger charge is 2.00. The van der Waals surface area contributed by atoms with Gasteiger partial charge in [-0.15, -0.1) is 0 Å². The minimum atomic E-state index is 0.582. The van der Waals surface area contributed by atoms with E-state index >= 15 is 0 Å². The topological polar surface area (TPSA) is 37.0 Å². The molecule has 0 spiro atoms. The summed E-state index contributed by atoms with van der Waals surface area (Å²) in [5, 5.41) is 6.93. The Bertz CT molecular complexity index is 756. The Hall–Kier alpha value is -2.72. The summed E-state index contributed by atoms with van der Waals surface area (Å²) in [6, 6.07) is 22.2. The quantitative estimate of drug-likeness (QED) is 0.695. The van der Waals surface area contributed by atoms with E-state index in [4.69, 9.17) is 12.2 Å². The van der Waals surface area contributed by atoms with Gasteiger partial charge in [-0.25, -0.2) is 0 Å². The molecule has 0 amide bonds. The smallest absolute Gasteiger partial charge is 0.175 e. The minimum absolute atomic E-state index is 0.582. The standard InChI is InChI=1S/C19H17N3S/c23-19(21-17-4-2-1-3-5-17)22-18-8-6-15(7-9-18)14-16-10-12-20-13-11-16/h1-13H,14H2,(H2,21,22,23). The summed E-state index contributed by atoms with van der Waals surface area (Å²) in [5.41, 5.74) is 4.45. The van der Waals surface area contributed by atoms with E-state index in [9.17, 15) is 0 Å². The molecule has 4 heteroatoms. The first-order valence-corrected chi connectivity index (χ1v) is 7.81. The second-order valence-corrected chi connectivity index (χ2v) is 5.58. The number of rotatable bonds is 4. The van der Waals surface area contributed by atoms with Gasteiger partial charge >= 0.3 is 0 Å². The molecular weight excluding hydrogens is 302 g/mol. The van der Waals surface area contributed by atoms with Crippen LogP contribution in [0.15, 0.2) is 79.1 Å². The molecule has 3 nitrogen and oxygen atoms in total. The van der Waals surface area contributed by atoms with Crippen molar-refractivity contribution in [3.8, 4) is 0 Å². The monoisotopic (exact) mass is 319 g/mol. The first-order chi connectivity index (χ1) is 11.3. The maximum Gasteiger partial charge on any atom is 0.175 e. The van der Waals surface area contributed by atoms with Gasteiger partial charge in [-0.3, -0.25) is 4.98 Å². The molecule has 0 aliphatic rings. The van der Waals surface area contributed by atoms with Gasteiger partial charge < -0.3 is 10.6 Å². The highest BCUT2D eigenvalue weighted by molar-refractivity contribution is 7.80. The lowest BCUT2D eigenvalue weighted by Crippen LogP contribution is -2.18. The summed E-state index contributed by atoms with van der Waals surface area (Å²) in [4.78, 5) is 4.04. The zero-order valence-electron chi connectivity index (χ0n) is 12.6. The van der Waals surface area contributed by atoms with Crippen LogP contribution in [-0.4, -0.2) is 10.1 Å². The lowest BCUT2D eigenvalue weighted by atomic mass is 10.1. The lowest BCUT2D eigenvalue weighted by Gasteiger charge is -2.11. The van der Waals surface area contributed by atoms with Crippen LogP contribution in [0.2, 0.25) is 0 Å². The number of para-hydroxylation sites is 1. The minimum Gasteiger partial charge on any atom is -0.332 e. The maximum absolute atomic E-state index is 5.33. The second-order valence-electron chi connectivity index (χ2n) is 5.17. The number of anilines is 2. The fourth-order valence-corrected chi connectivity index (χ4v) is 2.49. The molecule has 114 valence electrons. The van der Waals surface area contributed by atoms with Crippen LogP contribution in [0, 0.1) is 0 Å². The van der Waals surface area contributed by atoms with E-state index < -0.39 is 0 Å². The predicted molar refractivity (Wildman–Crippen MR) is 99.8 cm³/mol. The molecule has 0 aliphatic heterocycles. The fraction of sp³-hybridized carbons (Fsp3) is 0.0526. The number of nitrogens with one attached hydrogen (secondary N) is 2. The third-order valence-electron chi connectivity index (χ3n) is 3.40. The Morgan fingerprint density at radius 3 is 1.96 bits per heavy atom. The molecule has 1 heterocycles. The number of pyridine rings is 1. The van der Waals surface area contributed by atoms with Gasteiger partial charge in [0.2, 0.25) is 0 Å². The molecule has 3 rings (SSSR count). The molecule has 0 aliphatic carbocycles. The Morgan fingerprint density at radius 1 is 0.739 bits per heavy atom. The summed E-state index contributed by atoms with van der Waals surface area (Å²) in [6.07, 6.45) is 4.54. The van der Waals surface area contributed by atoms with E-state index in [1.54, 1.807) is 0 Å². The lowest BCUT2D eigenvalue weighted by molar-refractivity contribution is 1.16. The average molecular weight is 319 g/mol. The van der Waals surface area contributed by atoms with Crippen molar-refractivity contribution in [2.45, 2.75) is 6.42 Å². The van der Waals surface area contributed by atoms with Gasteiger partial charge in [0.05, 0.1) is 0 Å². The van der Waals surface area contributed by atoms with E-state index in [2.05, 4.69) is 27.8 Å². The van der Waals surface area contributed by atoms with Gasteiger partial charge in [0.15, 0.2) is 5.11 Å². The van der Waals surface area contributed by atoms with Crippen molar-refractivity contribution < 1.29 is 0 Å². The number of aromatic nitrogens is 1. The number of benzene rings is 2.